The van der Waals surface area contributed by atoms with E-state index in [1.54, 1.807) is 24.3 Å². The number of hydrogen-bond acceptors (Lipinski definition) is 2. The summed E-state index contributed by atoms with van der Waals surface area (Å²) in [4.78, 5) is 11.3. The maximum Gasteiger partial charge on any atom is 0.335 e. The Labute approximate surface area is 184 Å². The molecule has 0 amide bonds. The van der Waals surface area contributed by atoms with Crippen molar-refractivity contribution in [1.29, 1.82) is 0 Å². The number of fused-ring (bicyclic) bond motifs is 1. The van der Waals surface area contributed by atoms with E-state index in [1.807, 2.05) is 24.3 Å². The minimum absolute atomic E-state index is 0.0467. The number of phenols is 1. The van der Waals surface area contributed by atoms with Crippen LogP contribution in [0.3, 0.4) is 0 Å². The first-order chi connectivity index (χ1) is 14.6. The second-order valence-corrected chi connectivity index (χ2v) is 10.0. The van der Waals surface area contributed by atoms with E-state index in [4.69, 9.17) is 0 Å². The van der Waals surface area contributed by atoms with Crippen LogP contribution in [-0.4, -0.2) is 16.2 Å². The summed E-state index contributed by atoms with van der Waals surface area (Å²) in [5.74, 6) is -0.739. The van der Waals surface area contributed by atoms with Gasteiger partial charge in [0.2, 0.25) is 0 Å². The van der Waals surface area contributed by atoms with E-state index < -0.39 is 5.97 Å². The standard InChI is InChI=1S/C28H30O3/c1-27(2)15-16-28(3,4)24-17-21(11-14-23(24)27)25(19-9-12-22(29)13-10-19)18-5-7-20(8-6-18)26(30)31/h5-14,17,25,29H,15-16H2,1-4H3,(H,30,31). The molecule has 1 atom stereocenters. The summed E-state index contributed by atoms with van der Waals surface area (Å²) < 4.78 is 0. The molecule has 0 aliphatic heterocycles. The van der Waals surface area contributed by atoms with E-state index in [2.05, 4.69) is 45.9 Å². The number of benzene rings is 3. The minimum Gasteiger partial charge on any atom is -0.508 e. The Kier molecular flexibility index (Phi) is 5.17. The highest BCUT2D eigenvalue weighted by molar-refractivity contribution is 5.87. The smallest absolute Gasteiger partial charge is 0.335 e. The lowest BCUT2D eigenvalue weighted by Crippen LogP contribution is -2.34. The molecule has 1 aliphatic carbocycles. The van der Waals surface area contributed by atoms with Gasteiger partial charge in [-0.3, -0.25) is 0 Å². The fourth-order valence-electron chi connectivity index (χ4n) is 4.85. The van der Waals surface area contributed by atoms with Crippen molar-refractivity contribution in [3.8, 4) is 5.75 Å². The van der Waals surface area contributed by atoms with Gasteiger partial charge < -0.3 is 10.2 Å². The summed E-state index contributed by atoms with van der Waals surface area (Å²) in [5.41, 5.74) is 6.62. The summed E-state index contributed by atoms with van der Waals surface area (Å²) in [7, 11) is 0. The molecule has 160 valence electrons. The lowest BCUT2D eigenvalue weighted by Gasteiger charge is -2.42. The van der Waals surface area contributed by atoms with Crippen LogP contribution in [0, 0.1) is 0 Å². The van der Waals surface area contributed by atoms with Crippen LogP contribution in [0.15, 0.2) is 66.7 Å². The first-order valence-corrected chi connectivity index (χ1v) is 10.9. The van der Waals surface area contributed by atoms with E-state index in [-0.39, 0.29) is 28.1 Å². The van der Waals surface area contributed by atoms with Crippen LogP contribution in [0.1, 0.15) is 84.6 Å². The fraction of sp³-hybridized carbons (Fsp3) is 0.321. The third-order valence-electron chi connectivity index (χ3n) is 6.93. The number of carboxylic acid groups (broad SMARTS) is 1. The zero-order valence-corrected chi connectivity index (χ0v) is 18.6. The number of hydrogen-bond donors (Lipinski definition) is 2. The highest BCUT2D eigenvalue weighted by atomic mass is 16.4. The molecule has 3 aromatic carbocycles. The molecule has 0 bridgehead atoms. The van der Waals surface area contributed by atoms with Gasteiger partial charge in [0, 0.05) is 5.92 Å². The van der Waals surface area contributed by atoms with Gasteiger partial charge >= 0.3 is 5.97 Å². The van der Waals surface area contributed by atoms with E-state index in [1.165, 1.54) is 23.1 Å². The third-order valence-corrected chi connectivity index (χ3v) is 6.93. The van der Waals surface area contributed by atoms with Gasteiger partial charge in [-0.15, -0.1) is 0 Å². The van der Waals surface area contributed by atoms with Crippen LogP contribution in [-0.2, 0) is 10.8 Å². The first-order valence-electron chi connectivity index (χ1n) is 10.9. The van der Waals surface area contributed by atoms with Crippen LogP contribution < -0.4 is 0 Å². The molecule has 3 aromatic rings. The van der Waals surface area contributed by atoms with Crippen molar-refractivity contribution in [1.82, 2.24) is 0 Å². The molecule has 0 aromatic heterocycles. The summed E-state index contributed by atoms with van der Waals surface area (Å²) in [5, 5.41) is 19.1. The number of rotatable bonds is 4. The van der Waals surface area contributed by atoms with Crippen molar-refractivity contribution in [2.45, 2.75) is 57.3 Å². The van der Waals surface area contributed by atoms with Gasteiger partial charge in [-0.2, -0.15) is 0 Å². The van der Waals surface area contributed by atoms with Crippen molar-refractivity contribution in [2.24, 2.45) is 0 Å². The zero-order chi connectivity index (χ0) is 22.4. The van der Waals surface area contributed by atoms with E-state index in [0.29, 0.717) is 0 Å². The van der Waals surface area contributed by atoms with Crippen molar-refractivity contribution in [3.63, 3.8) is 0 Å². The lowest BCUT2D eigenvalue weighted by atomic mass is 9.62. The van der Waals surface area contributed by atoms with Gasteiger partial charge in [0.05, 0.1) is 5.56 Å². The molecule has 0 spiro atoms. The van der Waals surface area contributed by atoms with Gasteiger partial charge in [0.1, 0.15) is 5.75 Å². The van der Waals surface area contributed by atoms with E-state index in [0.717, 1.165) is 17.5 Å². The molecule has 0 saturated heterocycles. The van der Waals surface area contributed by atoms with Gasteiger partial charge in [0.25, 0.3) is 0 Å². The Morgan fingerprint density at radius 3 is 1.77 bits per heavy atom. The Morgan fingerprint density at radius 1 is 0.742 bits per heavy atom. The molecule has 4 rings (SSSR count). The average molecular weight is 415 g/mol. The molecule has 0 fully saturated rings. The predicted octanol–water partition coefficient (Wildman–Crippen LogP) is 6.62. The molecule has 3 heteroatoms. The number of carboxylic acids is 1. The third kappa shape index (κ3) is 3.97. The van der Waals surface area contributed by atoms with Crippen LogP contribution in [0.4, 0.5) is 0 Å². The maximum absolute atomic E-state index is 11.3. The van der Waals surface area contributed by atoms with Gasteiger partial charge in [-0.1, -0.05) is 70.2 Å². The molecule has 0 heterocycles. The minimum atomic E-state index is -0.925. The summed E-state index contributed by atoms with van der Waals surface area (Å²) in [6, 6.07) is 21.3. The summed E-state index contributed by atoms with van der Waals surface area (Å²) >= 11 is 0. The molecule has 2 N–H and O–H groups in total. The number of phenolic OH excluding ortho intramolecular Hbond substituents is 1. The maximum atomic E-state index is 11.3. The Morgan fingerprint density at radius 2 is 1.23 bits per heavy atom. The SMILES string of the molecule is CC1(C)CCC(C)(C)c2cc(C(c3ccc(O)cc3)c3ccc(C(=O)O)cc3)ccc21. The highest BCUT2D eigenvalue weighted by Crippen LogP contribution is 2.47. The van der Waals surface area contributed by atoms with Crippen molar-refractivity contribution < 1.29 is 15.0 Å². The van der Waals surface area contributed by atoms with Crippen molar-refractivity contribution in [2.75, 3.05) is 0 Å². The van der Waals surface area contributed by atoms with E-state index in [9.17, 15) is 15.0 Å². The average Bonchev–Trinajstić information content (AvgIpc) is 2.73. The Bertz CT molecular complexity index is 1110. The van der Waals surface area contributed by atoms with E-state index >= 15 is 0 Å². The fourth-order valence-corrected chi connectivity index (χ4v) is 4.85. The van der Waals surface area contributed by atoms with Crippen LogP contribution >= 0.6 is 0 Å². The molecular formula is C28H30O3. The Hall–Kier alpha value is -3.07. The number of aromatic carboxylic acids is 1. The Balaban J connectivity index is 1.88. The van der Waals surface area contributed by atoms with Gasteiger partial charge in [0.15, 0.2) is 0 Å². The normalized spacial score (nSPS) is 17.5. The largest absolute Gasteiger partial charge is 0.508 e. The monoisotopic (exact) mass is 414 g/mol. The molecular weight excluding hydrogens is 384 g/mol. The van der Waals surface area contributed by atoms with Crippen LogP contribution in [0.25, 0.3) is 0 Å². The van der Waals surface area contributed by atoms with Crippen LogP contribution in [0.5, 0.6) is 5.75 Å². The predicted molar refractivity (Wildman–Crippen MR) is 124 cm³/mol. The second-order valence-electron chi connectivity index (χ2n) is 10.0. The molecule has 0 saturated carbocycles. The summed E-state index contributed by atoms with van der Waals surface area (Å²) in [6.45, 7) is 9.29. The molecule has 1 aliphatic rings. The topological polar surface area (TPSA) is 57.5 Å². The second kappa shape index (κ2) is 7.56. The van der Waals surface area contributed by atoms with Crippen LogP contribution in [0.2, 0.25) is 0 Å². The van der Waals surface area contributed by atoms with Crippen molar-refractivity contribution in [3.05, 3.63) is 100 Å². The van der Waals surface area contributed by atoms with Crippen molar-refractivity contribution >= 4 is 5.97 Å². The molecule has 31 heavy (non-hydrogen) atoms. The molecule has 1 unspecified atom stereocenters. The molecule has 0 radical (unpaired) electrons. The first kappa shape index (κ1) is 21.2. The quantitative estimate of drug-likeness (QED) is 0.472. The number of carbonyl (C=O) groups is 1. The lowest BCUT2D eigenvalue weighted by molar-refractivity contribution is 0.0697. The number of aromatic hydroxyl groups is 1. The molecule has 3 nitrogen and oxygen atoms in total. The zero-order valence-electron chi connectivity index (χ0n) is 18.6. The van der Waals surface area contributed by atoms with Gasteiger partial charge in [-0.05, 0) is 75.8 Å². The summed E-state index contributed by atoms with van der Waals surface area (Å²) in [6.07, 6.45) is 2.32. The van der Waals surface area contributed by atoms with Gasteiger partial charge in [-0.25, -0.2) is 4.79 Å². The highest BCUT2D eigenvalue weighted by Gasteiger charge is 2.37.